The lowest BCUT2D eigenvalue weighted by Crippen LogP contribution is -2.09. The van der Waals surface area contributed by atoms with Crippen LogP contribution in [0.5, 0.6) is 5.75 Å². The van der Waals surface area contributed by atoms with E-state index in [1.165, 1.54) is 12.8 Å². The average Bonchev–Trinajstić information content (AvgIpc) is 2.99. The second kappa shape index (κ2) is 5.76. The Morgan fingerprint density at radius 3 is 2.75 bits per heavy atom. The fourth-order valence-corrected chi connectivity index (χ4v) is 1.68. The summed E-state index contributed by atoms with van der Waals surface area (Å²) in [6.45, 7) is 2.75. The fraction of sp³-hybridized carbons (Fsp3) is 0.500. The van der Waals surface area contributed by atoms with Crippen LogP contribution < -0.4 is 10.5 Å². The summed E-state index contributed by atoms with van der Waals surface area (Å²) in [4.78, 5) is 0. The van der Waals surface area contributed by atoms with Gasteiger partial charge < -0.3 is 10.5 Å². The fourth-order valence-electron chi connectivity index (χ4n) is 1.50. The maximum absolute atomic E-state index is 5.92. The van der Waals surface area contributed by atoms with Crippen LogP contribution in [0, 0.1) is 5.92 Å². The minimum atomic E-state index is -0.0436. The Hall–Kier alpha value is -0.440. The van der Waals surface area contributed by atoms with Crippen molar-refractivity contribution in [1.29, 1.82) is 0 Å². The van der Waals surface area contributed by atoms with Gasteiger partial charge in [-0.3, -0.25) is 0 Å². The summed E-state index contributed by atoms with van der Waals surface area (Å²) in [5, 5.41) is 0.709. The number of hydrogen-bond donors (Lipinski definition) is 1. The predicted molar refractivity (Wildman–Crippen MR) is 69.5 cm³/mol. The van der Waals surface area contributed by atoms with Gasteiger partial charge in [-0.1, -0.05) is 11.6 Å². The first-order valence-electron chi connectivity index (χ1n) is 5.34. The molecule has 1 fully saturated rings. The Kier molecular flexibility index (Phi) is 4.90. The van der Waals surface area contributed by atoms with Crippen molar-refractivity contribution in [2.45, 2.75) is 25.8 Å². The van der Waals surface area contributed by atoms with E-state index in [1.807, 2.05) is 25.1 Å². The van der Waals surface area contributed by atoms with Crippen LogP contribution in [-0.2, 0) is 0 Å². The third-order valence-electron chi connectivity index (χ3n) is 2.63. The second-order valence-corrected chi connectivity index (χ2v) is 4.66. The van der Waals surface area contributed by atoms with Crippen molar-refractivity contribution in [1.82, 2.24) is 0 Å². The summed E-state index contributed by atoms with van der Waals surface area (Å²) in [5.74, 6) is 1.63. The highest BCUT2D eigenvalue weighted by molar-refractivity contribution is 6.30. The summed E-state index contributed by atoms with van der Waals surface area (Å²) in [6, 6.07) is 5.59. The molecule has 16 heavy (non-hydrogen) atoms. The Morgan fingerprint density at radius 1 is 1.50 bits per heavy atom. The minimum absolute atomic E-state index is 0. The maximum atomic E-state index is 5.92. The van der Waals surface area contributed by atoms with Crippen molar-refractivity contribution in [2.24, 2.45) is 11.7 Å². The maximum Gasteiger partial charge on any atom is 0.124 e. The van der Waals surface area contributed by atoms with Crippen LogP contribution in [0.4, 0.5) is 0 Å². The predicted octanol–water partition coefficient (Wildman–Crippen LogP) is 3.57. The number of rotatable bonds is 4. The van der Waals surface area contributed by atoms with Crippen LogP contribution in [0.2, 0.25) is 5.02 Å². The molecule has 4 heteroatoms. The van der Waals surface area contributed by atoms with Crippen molar-refractivity contribution in [2.75, 3.05) is 6.61 Å². The first-order valence-corrected chi connectivity index (χ1v) is 5.72. The Morgan fingerprint density at radius 2 is 2.19 bits per heavy atom. The summed E-state index contributed by atoms with van der Waals surface area (Å²) >= 11 is 5.92. The molecule has 1 aliphatic rings. The molecule has 0 bridgehead atoms. The van der Waals surface area contributed by atoms with Gasteiger partial charge in [0.05, 0.1) is 6.61 Å². The van der Waals surface area contributed by atoms with Crippen molar-refractivity contribution in [3.05, 3.63) is 28.8 Å². The molecule has 0 spiro atoms. The smallest absolute Gasteiger partial charge is 0.124 e. The van der Waals surface area contributed by atoms with Gasteiger partial charge in [0.25, 0.3) is 0 Å². The highest BCUT2D eigenvalue weighted by Crippen LogP contribution is 2.32. The van der Waals surface area contributed by atoms with Gasteiger partial charge in [0.2, 0.25) is 0 Å². The van der Waals surface area contributed by atoms with E-state index < -0.39 is 0 Å². The third-order valence-corrected chi connectivity index (χ3v) is 2.87. The number of ether oxygens (including phenoxy) is 1. The SMILES string of the molecule is CC(N)c1cc(Cl)ccc1OCC1CC1.Cl. The van der Waals surface area contributed by atoms with E-state index in [-0.39, 0.29) is 18.4 Å². The Bertz CT molecular complexity index is 351. The quantitative estimate of drug-likeness (QED) is 0.900. The number of nitrogens with two attached hydrogens (primary N) is 1. The molecule has 0 amide bonds. The number of hydrogen-bond acceptors (Lipinski definition) is 2. The van der Waals surface area contributed by atoms with Crippen LogP contribution in [0.3, 0.4) is 0 Å². The van der Waals surface area contributed by atoms with Gasteiger partial charge in [-0.2, -0.15) is 0 Å². The average molecular weight is 262 g/mol. The molecule has 0 aliphatic heterocycles. The van der Waals surface area contributed by atoms with Crippen LogP contribution in [-0.4, -0.2) is 6.61 Å². The van der Waals surface area contributed by atoms with Gasteiger partial charge in [-0.15, -0.1) is 12.4 Å². The van der Waals surface area contributed by atoms with E-state index in [0.29, 0.717) is 5.02 Å². The molecule has 1 unspecified atom stereocenters. The van der Waals surface area contributed by atoms with Gasteiger partial charge >= 0.3 is 0 Å². The van der Waals surface area contributed by atoms with E-state index >= 15 is 0 Å². The van der Waals surface area contributed by atoms with Crippen molar-refractivity contribution < 1.29 is 4.74 Å². The largest absolute Gasteiger partial charge is 0.493 e. The van der Waals surface area contributed by atoms with E-state index in [9.17, 15) is 0 Å². The second-order valence-electron chi connectivity index (χ2n) is 4.23. The highest BCUT2D eigenvalue weighted by atomic mass is 35.5. The van der Waals surface area contributed by atoms with Crippen molar-refractivity contribution in [3.63, 3.8) is 0 Å². The molecule has 0 saturated heterocycles. The zero-order valence-corrected chi connectivity index (χ0v) is 10.9. The molecule has 1 saturated carbocycles. The molecule has 0 aromatic heterocycles. The minimum Gasteiger partial charge on any atom is -0.493 e. The van der Waals surface area contributed by atoms with Gasteiger partial charge in [0, 0.05) is 16.6 Å². The van der Waals surface area contributed by atoms with E-state index in [4.69, 9.17) is 22.1 Å². The molecule has 0 heterocycles. The van der Waals surface area contributed by atoms with Gasteiger partial charge in [-0.05, 0) is 43.9 Å². The van der Waals surface area contributed by atoms with Crippen LogP contribution >= 0.6 is 24.0 Å². The number of benzene rings is 1. The van der Waals surface area contributed by atoms with Crippen LogP contribution in [0.15, 0.2) is 18.2 Å². The summed E-state index contributed by atoms with van der Waals surface area (Å²) in [5.41, 5.74) is 6.86. The van der Waals surface area contributed by atoms with E-state index in [0.717, 1.165) is 23.8 Å². The van der Waals surface area contributed by atoms with Crippen LogP contribution in [0.25, 0.3) is 0 Å². The molecule has 90 valence electrons. The zero-order chi connectivity index (χ0) is 10.8. The summed E-state index contributed by atoms with van der Waals surface area (Å²) in [7, 11) is 0. The zero-order valence-electron chi connectivity index (χ0n) is 9.28. The molecule has 2 nitrogen and oxygen atoms in total. The Balaban J connectivity index is 0.00000128. The van der Waals surface area contributed by atoms with Gasteiger partial charge in [0.15, 0.2) is 0 Å². The lowest BCUT2D eigenvalue weighted by molar-refractivity contribution is 0.295. The standard InChI is InChI=1S/C12H16ClNO.ClH/c1-8(14)11-6-10(13)4-5-12(11)15-7-9-2-3-9;/h4-6,8-9H,2-3,7,14H2,1H3;1H. The van der Waals surface area contributed by atoms with Gasteiger partial charge in [-0.25, -0.2) is 0 Å². The van der Waals surface area contributed by atoms with Crippen molar-refractivity contribution >= 4 is 24.0 Å². The molecule has 2 rings (SSSR count). The lowest BCUT2D eigenvalue weighted by atomic mass is 10.1. The lowest BCUT2D eigenvalue weighted by Gasteiger charge is -2.14. The topological polar surface area (TPSA) is 35.2 Å². The summed E-state index contributed by atoms with van der Waals surface area (Å²) in [6.07, 6.45) is 2.59. The normalized spacial score (nSPS) is 16.4. The molecule has 0 radical (unpaired) electrons. The highest BCUT2D eigenvalue weighted by Gasteiger charge is 2.22. The van der Waals surface area contributed by atoms with Crippen molar-refractivity contribution in [3.8, 4) is 5.75 Å². The molecule has 1 aliphatic carbocycles. The molecule has 2 N–H and O–H groups in total. The monoisotopic (exact) mass is 261 g/mol. The molecular weight excluding hydrogens is 245 g/mol. The molecule has 1 atom stereocenters. The van der Waals surface area contributed by atoms with E-state index in [2.05, 4.69) is 0 Å². The summed E-state index contributed by atoms with van der Waals surface area (Å²) < 4.78 is 5.74. The first-order chi connectivity index (χ1) is 7.16. The van der Waals surface area contributed by atoms with E-state index in [1.54, 1.807) is 0 Å². The van der Waals surface area contributed by atoms with Crippen LogP contribution in [0.1, 0.15) is 31.4 Å². The third kappa shape index (κ3) is 3.55. The molecular formula is C12H17Cl2NO. The molecule has 1 aromatic rings. The molecule has 1 aromatic carbocycles. The number of halogens is 2. The first kappa shape index (κ1) is 13.6. The van der Waals surface area contributed by atoms with Gasteiger partial charge in [0.1, 0.15) is 5.75 Å². The Labute approximate surface area is 108 Å².